The van der Waals surface area contributed by atoms with Crippen LogP contribution in [0.1, 0.15) is 39.2 Å². The van der Waals surface area contributed by atoms with Crippen molar-refractivity contribution in [2.75, 3.05) is 19.7 Å². The maximum atomic E-state index is 11.9. The van der Waals surface area contributed by atoms with E-state index in [9.17, 15) is 4.79 Å². The van der Waals surface area contributed by atoms with Crippen LogP contribution in [0.2, 0.25) is 0 Å². The van der Waals surface area contributed by atoms with E-state index >= 15 is 0 Å². The lowest BCUT2D eigenvalue weighted by molar-refractivity contribution is -0.121. The van der Waals surface area contributed by atoms with E-state index in [4.69, 9.17) is 17.0 Å². The highest BCUT2D eigenvalue weighted by molar-refractivity contribution is 7.80. The number of carbonyl (C=O) groups is 1. The second-order valence-corrected chi connectivity index (χ2v) is 5.39. The Morgan fingerprint density at radius 3 is 2.48 bits per heavy atom. The molecule has 0 bridgehead atoms. The number of nitrogens with one attached hydrogen (secondary N) is 1. The normalized spacial score (nSPS) is 10.3. The Balaban J connectivity index is 2.56. The van der Waals surface area contributed by atoms with Crippen LogP contribution in [-0.4, -0.2) is 35.6 Å². The van der Waals surface area contributed by atoms with Crippen molar-refractivity contribution >= 4 is 23.2 Å². The number of ether oxygens (including phenoxy) is 1. The van der Waals surface area contributed by atoms with Gasteiger partial charge in [-0.25, -0.2) is 0 Å². The Hall–Kier alpha value is -1.62. The van der Waals surface area contributed by atoms with Crippen LogP contribution >= 0.6 is 12.2 Å². The molecule has 0 fully saturated rings. The average molecular weight is 308 g/mol. The molecule has 0 unspecified atom stereocenters. The first-order chi connectivity index (χ1) is 9.99. The van der Waals surface area contributed by atoms with E-state index in [0.29, 0.717) is 11.0 Å². The van der Waals surface area contributed by atoms with E-state index < -0.39 is 0 Å². The largest absolute Gasteiger partial charge is 0.483 e. The van der Waals surface area contributed by atoms with Gasteiger partial charge in [-0.2, -0.15) is 0 Å². The monoisotopic (exact) mass is 308 g/mol. The van der Waals surface area contributed by atoms with Crippen molar-refractivity contribution < 1.29 is 9.53 Å². The first-order valence-corrected chi connectivity index (χ1v) is 7.70. The molecule has 21 heavy (non-hydrogen) atoms. The van der Waals surface area contributed by atoms with Gasteiger partial charge in [-0.05, 0) is 43.6 Å². The highest BCUT2D eigenvalue weighted by Crippen LogP contribution is 2.25. The molecule has 0 aliphatic rings. The lowest BCUT2D eigenvalue weighted by Gasteiger charge is -2.21. The summed E-state index contributed by atoms with van der Waals surface area (Å²) < 4.78 is 5.62. The van der Waals surface area contributed by atoms with Crippen molar-refractivity contribution in [2.24, 2.45) is 0 Å². The van der Waals surface area contributed by atoms with Gasteiger partial charge in [0.15, 0.2) is 11.7 Å². The van der Waals surface area contributed by atoms with Gasteiger partial charge in [-0.15, -0.1) is 0 Å². The summed E-state index contributed by atoms with van der Waals surface area (Å²) in [6, 6.07) is 7.77. The number of para-hydroxylation sites is 1. The predicted molar refractivity (Wildman–Crippen MR) is 89.7 cm³/mol. The Morgan fingerprint density at radius 1 is 1.29 bits per heavy atom. The number of carbonyl (C=O) groups excluding carboxylic acids is 1. The van der Waals surface area contributed by atoms with Gasteiger partial charge in [0.25, 0.3) is 5.91 Å². The van der Waals surface area contributed by atoms with E-state index in [1.165, 1.54) is 0 Å². The van der Waals surface area contributed by atoms with Gasteiger partial charge in [0, 0.05) is 13.1 Å². The van der Waals surface area contributed by atoms with Crippen molar-refractivity contribution in [2.45, 2.75) is 33.6 Å². The quantitative estimate of drug-likeness (QED) is 0.821. The third kappa shape index (κ3) is 5.34. The van der Waals surface area contributed by atoms with Crippen molar-refractivity contribution in [1.29, 1.82) is 0 Å². The molecule has 1 aromatic carbocycles. The lowest BCUT2D eigenvalue weighted by atomic mass is 10.0. The highest BCUT2D eigenvalue weighted by atomic mass is 32.1. The topological polar surface area (TPSA) is 41.6 Å². The van der Waals surface area contributed by atoms with Crippen LogP contribution < -0.4 is 10.1 Å². The number of hydrogen-bond acceptors (Lipinski definition) is 3. The molecule has 4 nitrogen and oxygen atoms in total. The van der Waals surface area contributed by atoms with Crippen LogP contribution in [0, 0.1) is 0 Å². The number of thiocarbonyl (C=S) groups is 1. The van der Waals surface area contributed by atoms with Gasteiger partial charge in [-0.1, -0.05) is 32.0 Å². The van der Waals surface area contributed by atoms with E-state index in [1.54, 1.807) is 0 Å². The Labute approximate surface area is 132 Å². The predicted octanol–water partition coefficient (Wildman–Crippen LogP) is 2.93. The smallest absolute Gasteiger partial charge is 0.264 e. The van der Waals surface area contributed by atoms with Crippen LogP contribution in [0.5, 0.6) is 5.75 Å². The van der Waals surface area contributed by atoms with E-state index in [-0.39, 0.29) is 12.5 Å². The zero-order valence-electron chi connectivity index (χ0n) is 13.2. The maximum absolute atomic E-state index is 11.9. The average Bonchev–Trinajstić information content (AvgIpc) is 2.46. The molecule has 0 aliphatic heterocycles. The van der Waals surface area contributed by atoms with Crippen LogP contribution in [0.3, 0.4) is 0 Å². The number of nitrogens with zero attached hydrogens (tertiary/aromatic N) is 1. The molecule has 0 spiro atoms. The molecule has 1 rings (SSSR count). The summed E-state index contributed by atoms with van der Waals surface area (Å²) in [6.45, 7) is 9.69. The summed E-state index contributed by atoms with van der Waals surface area (Å²) in [5.41, 5.74) is 1.09. The fraction of sp³-hybridized carbons (Fsp3) is 0.500. The molecule has 1 aromatic rings. The van der Waals surface area contributed by atoms with Crippen LogP contribution in [0.15, 0.2) is 24.3 Å². The molecular formula is C16H24N2O2S. The van der Waals surface area contributed by atoms with E-state index in [0.717, 1.165) is 24.4 Å². The first kappa shape index (κ1) is 17.4. The molecule has 5 heteroatoms. The molecule has 0 heterocycles. The van der Waals surface area contributed by atoms with Crippen LogP contribution in [0.4, 0.5) is 0 Å². The molecule has 116 valence electrons. The second-order valence-electron chi connectivity index (χ2n) is 5.01. The SMILES string of the molecule is CCN(CC)C(=S)NC(=O)COc1ccccc1C(C)C. The Morgan fingerprint density at radius 2 is 1.90 bits per heavy atom. The number of rotatable bonds is 6. The summed E-state index contributed by atoms with van der Waals surface area (Å²) in [5, 5.41) is 3.14. The summed E-state index contributed by atoms with van der Waals surface area (Å²) in [5.74, 6) is 0.864. The van der Waals surface area contributed by atoms with Crippen LogP contribution in [-0.2, 0) is 4.79 Å². The number of hydrogen-bond donors (Lipinski definition) is 1. The summed E-state index contributed by atoms with van der Waals surface area (Å²) in [6.07, 6.45) is 0. The summed E-state index contributed by atoms with van der Waals surface area (Å²) >= 11 is 5.19. The van der Waals surface area contributed by atoms with Gasteiger partial charge in [0.1, 0.15) is 5.75 Å². The first-order valence-electron chi connectivity index (χ1n) is 7.30. The minimum absolute atomic E-state index is 0.0366. The van der Waals surface area contributed by atoms with Crippen molar-refractivity contribution in [3.8, 4) is 5.75 Å². The third-order valence-corrected chi connectivity index (χ3v) is 3.56. The molecule has 0 saturated carbocycles. The van der Waals surface area contributed by atoms with E-state index in [2.05, 4.69) is 19.2 Å². The number of benzene rings is 1. The second kappa shape index (κ2) is 8.62. The maximum Gasteiger partial charge on any atom is 0.264 e. The van der Waals surface area contributed by atoms with Gasteiger partial charge in [-0.3, -0.25) is 4.79 Å². The molecule has 0 radical (unpaired) electrons. The third-order valence-electron chi connectivity index (χ3n) is 3.20. The highest BCUT2D eigenvalue weighted by Gasteiger charge is 2.12. The minimum Gasteiger partial charge on any atom is -0.483 e. The van der Waals surface area contributed by atoms with Gasteiger partial charge < -0.3 is 15.0 Å². The number of amides is 1. The Kier molecular flexibility index (Phi) is 7.15. The molecular weight excluding hydrogens is 284 g/mol. The van der Waals surface area contributed by atoms with Crippen molar-refractivity contribution in [1.82, 2.24) is 10.2 Å². The summed E-state index contributed by atoms with van der Waals surface area (Å²) in [7, 11) is 0. The molecule has 0 aliphatic carbocycles. The molecule has 1 N–H and O–H groups in total. The van der Waals surface area contributed by atoms with Crippen molar-refractivity contribution in [3.63, 3.8) is 0 Å². The zero-order valence-corrected chi connectivity index (χ0v) is 14.0. The fourth-order valence-electron chi connectivity index (χ4n) is 1.98. The summed E-state index contributed by atoms with van der Waals surface area (Å²) in [4.78, 5) is 13.8. The van der Waals surface area contributed by atoms with Gasteiger partial charge >= 0.3 is 0 Å². The van der Waals surface area contributed by atoms with Crippen LogP contribution in [0.25, 0.3) is 0 Å². The minimum atomic E-state index is -0.231. The standard InChI is InChI=1S/C16H24N2O2S/c1-5-18(6-2)16(21)17-15(19)11-20-14-10-8-7-9-13(14)12(3)4/h7-10,12H,5-6,11H2,1-4H3,(H,17,19,21). The van der Waals surface area contributed by atoms with Crippen molar-refractivity contribution in [3.05, 3.63) is 29.8 Å². The lowest BCUT2D eigenvalue weighted by Crippen LogP contribution is -2.44. The molecule has 0 saturated heterocycles. The molecule has 0 atom stereocenters. The molecule has 1 amide bonds. The Bertz CT molecular complexity index is 485. The fourth-order valence-corrected chi connectivity index (χ4v) is 2.35. The zero-order chi connectivity index (χ0) is 15.8. The van der Waals surface area contributed by atoms with E-state index in [1.807, 2.05) is 43.0 Å². The van der Waals surface area contributed by atoms with Gasteiger partial charge in [0.05, 0.1) is 0 Å². The molecule has 0 aromatic heterocycles. The van der Waals surface area contributed by atoms with Gasteiger partial charge in [0.2, 0.25) is 0 Å².